The SMILES string of the molecule is CCn1cc(NC(=O)c2ccccc2OC)c(C(=O)NCC(C)C)n1. The standard InChI is InChI=1S/C18H24N4O3/c1-5-22-11-14(16(21-22)18(24)19-10-12(2)3)20-17(23)13-8-6-7-9-15(13)25-4/h6-9,11-12H,5,10H2,1-4H3,(H,19,24)(H,20,23). The number of nitrogens with zero attached hydrogens (tertiary/aromatic N) is 2. The molecule has 0 aliphatic heterocycles. The van der Waals surface area contributed by atoms with Gasteiger partial charge in [-0.25, -0.2) is 0 Å². The zero-order valence-corrected chi connectivity index (χ0v) is 15.0. The third kappa shape index (κ3) is 4.59. The molecule has 0 aliphatic rings. The smallest absolute Gasteiger partial charge is 0.273 e. The predicted molar refractivity (Wildman–Crippen MR) is 96.0 cm³/mol. The third-order valence-electron chi connectivity index (χ3n) is 3.57. The highest BCUT2D eigenvalue weighted by molar-refractivity contribution is 6.09. The number of benzene rings is 1. The molecule has 0 unspecified atom stereocenters. The number of aryl methyl sites for hydroxylation is 1. The van der Waals surface area contributed by atoms with Crippen LogP contribution in [0.5, 0.6) is 5.75 Å². The lowest BCUT2D eigenvalue weighted by molar-refractivity contribution is 0.0944. The Morgan fingerprint density at radius 2 is 1.96 bits per heavy atom. The van der Waals surface area contributed by atoms with Crippen molar-refractivity contribution >= 4 is 17.5 Å². The van der Waals surface area contributed by atoms with Gasteiger partial charge in [0.05, 0.1) is 18.4 Å². The molecule has 0 saturated carbocycles. The maximum atomic E-state index is 12.6. The van der Waals surface area contributed by atoms with Crippen molar-refractivity contribution in [1.82, 2.24) is 15.1 Å². The summed E-state index contributed by atoms with van der Waals surface area (Å²) in [5.41, 5.74) is 0.965. The van der Waals surface area contributed by atoms with Gasteiger partial charge in [0.25, 0.3) is 11.8 Å². The van der Waals surface area contributed by atoms with E-state index in [9.17, 15) is 9.59 Å². The van der Waals surface area contributed by atoms with E-state index in [0.717, 1.165) is 0 Å². The van der Waals surface area contributed by atoms with Crippen LogP contribution in [0, 0.1) is 5.92 Å². The molecule has 0 bridgehead atoms. The van der Waals surface area contributed by atoms with Crippen molar-refractivity contribution in [2.24, 2.45) is 5.92 Å². The second kappa shape index (κ2) is 8.32. The number of methoxy groups -OCH3 is 1. The van der Waals surface area contributed by atoms with Gasteiger partial charge in [-0.2, -0.15) is 5.10 Å². The van der Waals surface area contributed by atoms with Crippen LogP contribution in [-0.2, 0) is 6.54 Å². The Hall–Kier alpha value is -2.83. The van der Waals surface area contributed by atoms with Crippen molar-refractivity contribution in [3.63, 3.8) is 0 Å². The number of aromatic nitrogens is 2. The van der Waals surface area contributed by atoms with Crippen molar-refractivity contribution in [3.05, 3.63) is 41.7 Å². The van der Waals surface area contributed by atoms with Gasteiger partial charge in [-0.3, -0.25) is 14.3 Å². The monoisotopic (exact) mass is 344 g/mol. The molecule has 25 heavy (non-hydrogen) atoms. The molecule has 0 aliphatic carbocycles. The fourth-order valence-corrected chi connectivity index (χ4v) is 2.24. The van der Waals surface area contributed by atoms with E-state index in [1.54, 1.807) is 35.1 Å². The molecular formula is C18H24N4O3. The van der Waals surface area contributed by atoms with E-state index in [4.69, 9.17) is 4.74 Å². The number of nitrogens with one attached hydrogen (secondary N) is 2. The second-order valence-electron chi connectivity index (χ2n) is 6.01. The minimum absolute atomic E-state index is 0.200. The van der Waals surface area contributed by atoms with Crippen molar-refractivity contribution in [3.8, 4) is 5.75 Å². The Labute approximate surface area is 147 Å². The summed E-state index contributed by atoms with van der Waals surface area (Å²) < 4.78 is 6.83. The lowest BCUT2D eigenvalue weighted by Crippen LogP contribution is -2.28. The summed E-state index contributed by atoms with van der Waals surface area (Å²) >= 11 is 0. The average Bonchev–Trinajstić information content (AvgIpc) is 3.02. The zero-order valence-electron chi connectivity index (χ0n) is 15.0. The fraction of sp³-hybridized carbons (Fsp3) is 0.389. The Kier molecular flexibility index (Phi) is 6.16. The minimum Gasteiger partial charge on any atom is -0.496 e. The highest BCUT2D eigenvalue weighted by atomic mass is 16.5. The average molecular weight is 344 g/mol. The van der Waals surface area contributed by atoms with Crippen molar-refractivity contribution < 1.29 is 14.3 Å². The van der Waals surface area contributed by atoms with Gasteiger partial charge in [-0.15, -0.1) is 0 Å². The highest BCUT2D eigenvalue weighted by Gasteiger charge is 2.20. The number of carbonyl (C=O) groups is 2. The molecule has 1 aromatic heterocycles. The largest absolute Gasteiger partial charge is 0.496 e. The minimum atomic E-state index is -0.356. The predicted octanol–water partition coefficient (Wildman–Crippen LogP) is 2.55. The highest BCUT2D eigenvalue weighted by Crippen LogP contribution is 2.21. The van der Waals surface area contributed by atoms with Crippen LogP contribution in [0.25, 0.3) is 0 Å². The zero-order chi connectivity index (χ0) is 18.4. The first kappa shape index (κ1) is 18.5. The van der Waals surface area contributed by atoms with E-state index < -0.39 is 0 Å². The molecule has 2 rings (SSSR count). The molecule has 2 aromatic rings. The van der Waals surface area contributed by atoms with Gasteiger partial charge in [0, 0.05) is 19.3 Å². The summed E-state index contributed by atoms with van der Waals surface area (Å²) in [6.07, 6.45) is 1.65. The summed E-state index contributed by atoms with van der Waals surface area (Å²) in [7, 11) is 1.51. The lowest BCUT2D eigenvalue weighted by atomic mass is 10.2. The number of ether oxygens (including phenoxy) is 1. The molecule has 7 heteroatoms. The van der Waals surface area contributed by atoms with E-state index in [1.165, 1.54) is 7.11 Å². The van der Waals surface area contributed by atoms with Crippen LogP contribution in [0.2, 0.25) is 0 Å². The van der Waals surface area contributed by atoms with Crippen LogP contribution in [0.3, 0.4) is 0 Å². The molecule has 1 aromatic carbocycles. The van der Waals surface area contributed by atoms with E-state index in [2.05, 4.69) is 15.7 Å². The number of carbonyl (C=O) groups excluding carboxylic acids is 2. The van der Waals surface area contributed by atoms with Crippen molar-refractivity contribution in [2.75, 3.05) is 19.0 Å². The number of anilines is 1. The number of amides is 2. The van der Waals surface area contributed by atoms with Crippen LogP contribution in [-0.4, -0.2) is 35.2 Å². The van der Waals surface area contributed by atoms with E-state index in [1.807, 2.05) is 20.8 Å². The lowest BCUT2D eigenvalue weighted by Gasteiger charge is -2.10. The molecule has 1 heterocycles. The van der Waals surface area contributed by atoms with E-state index >= 15 is 0 Å². The molecule has 2 amide bonds. The first-order chi connectivity index (χ1) is 12.0. The molecule has 0 radical (unpaired) electrons. The van der Waals surface area contributed by atoms with Crippen LogP contribution in [0.4, 0.5) is 5.69 Å². The van der Waals surface area contributed by atoms with Crippen molar-refractivity contribution in [1.29, 1.82) is 0 Å². The van der Waals surface area contributed by atoms with Crippen LogP contribution in [0.15, 0.2) is 30.5 Å². The first-order valence-electron chi connectivity index (χ1n) is 8.26. The van der Waals surface area contributed by atoms with Gasteiger partial charge in [-0.1, -0.05) is 26.0 Å². The Morgan fingerprint density at radius 3 is 2.60 bits per heavy atom. The first-order valence-corrected chi connectivity index (χ1v) is 8.26. The molecule has 0 atom stereocenters. The summed E-state index contributed by atoms with van der Waals surface area (Å²) in [6, 6.07) is 6.91. The van der Waals surface area contributed by atoms with Gasteiger partial charge >= 0.3 is 0 Å². The molecule has 7 nitrogen and oxygen atoms in total. The molecule has 0 saturated heterocycles. The van der Waals surface area contributed by atoms with Gasteiger partial charge < -0.3 is 15.4 Å². The Bertz CT molecular complexity index is 753. The molecule has 0 fully saturated rings. The maximum absolute atomic E-state index is 12.6. The van der Waals surface area contributed by atoms with Crippen LogP contribution >= 0.6 is 0 Å². The van der Waals surface area contributed by atoms with Crippen LogP contribution in [0.1, 0.15) is 41.6 Å². The quantitative estimate of drug-likeness (QED) is 0.808. The normalized spacial score (nSPS) is 10.6. The summed E-state index contributed by atoms with van der Waals surface area (Å²) in [6.45, 7) is 7.06. The molecule has 2 N–H and O–H groups in total. The van der Waals surface area contributed by atoms with Crippen molar-refractivity contribution in [2.45, 2.75) is 27.3 Å². The molecule has 0 spiro atoms. The third-order valence-corrected chi connectivity index (χ3v) is 3.57. The Morgan fingerprint density at radius 1 is 1.24 bits per heavy atom. The number of hydrogen-bond acceptors (Lipinski definition) is 4. The van der Waals surface area contributed by atoms with Gasteiger partial charge in [0.2, 0.25) is 0 Å². The van der Waals surface area contributed by atoms with E-state index in [-0.39, 0.29) is 17.5 Å². The molecular weight excluding hydrogens is 320 g/mol. The summed E-state index contributed by atoms with van der Waals surface area (Å²) in [5, 5.41) is 9.84. The van der Waals surface area contributed by atoms with Gasteiger partial charge in [0.1, 0.15) is 5.75 Å². The van der Waals surface area contributed by atoms with Gasteiger partial charge in [-0.05, 0) is 25.0 Å². The maximum Gasteiger partial charge on any atom is 0.273 e. The number of hydrogen-bond donors (Lipinski definition) is 2. The molecule has 134 valence electrons. The van der Waals surface area contributed by atoms with E-state index in [0.29, 0.717) is 36.0 Å². The number of rotatable bonds is 7. The second-order valence-corrected chi connectivity index (χ2v) is 6.01. The summed E-state index contributed by atoms with van der Waals surface area (Å²) in [4.78, 5) is 24.9. The van der Waals surface area contributed by atoms with Crippen LogP contribution < -0.4 is 15.4 Å². The topological polar surface area (TPSA) is 85.2 Å². The Balaban J connectivity index is 2.25. The van der Waals surface area contributed by atoms with Gasteiger partial charge in [0.15, 0.2) is 5.69 Å². The number of para-hydroxylation sites is 1. The fourth-order valence-electron chi connectivity index (χ4n) is 2.24. The summed E-state index contributed by atoms with van der Waals surface area (Å²) in [5.74, 6) is 0.125.